The quantitative estimate of drug-likeness (QED) is 0.737. The first-order valence-electron chi connectivity index (χ1n) is 9.70. The third-order valence-corrected chi connectivity index (χ3v) is 5.46. The Kier molecular flexibility index (Phi) is 5.13. The molecule has 1 aromatic rings. The molecule has 4 atom stereocenters. The largest absolute Gasteiger partial charge is 0.444 e. The average molecular weight is 387 g/mol. The maximum Gasteiger partial charge on any atom is 0.412 e. The molecule has 1 amide bonds. The molecule has 0 bridgehead atoms. The first-order valence-corrected chi connectivity index (χ1v) is 9.70. The van der Waals surface area contributed by atoms with Crippen molar-refractivity contribution in [1.82, 2.24) is 4.90 Å². The Labute approximate surface area is 166 Å². The van der Waals surface area contributed by atoms with Gasteiger partial charge in [0.05, 0.1) is 12.6 Å². The van der Waals surface area contributed by atoms with Crippen molar-refractivity contribution in [2.75, 3.05) is 6.61 Å². The van der Waals surface area contributed by atoms with Crippen LogP contribution < -0.4 is 0 Å². The standard InChI is InChI=1S/C22H29NO5/c1-13(24)16-17(18(16)19(25)14-10-8-7-9-11-14)15-12-27-22(5,6)23(15)20(26)28-21(2,3)4/h7-11,15-18H,12H2,1-6H3/t15-,16-,17+,18+/m0/s1. The molecule has 6 heteroatoms. The molecule has 2 fully saturated rings. The summed E-state index contributed by atoms with van der Waals surface area (Å²) in [6.07, 6.45) is -0.486. The van der Waals surface area contributed by atoms with Crippen LogP contribution in [-0.2, 0) is 14.3 Å². The van der Waals surface area contributed by atoms with E-state index in [0.29, 0.717) is 5.56 Å². The van der Waals surface area contributed by atoms with Gasteiger partial charge in [-0.15, -0.1) is 0 Å². The van der Waals surface area contributed by atoms with E-state index in [1.807, 2.05) is 18.2 Å². The molecule has 0 radical (unpaired) electrons. The molecular formula is C22H29NO5. The summed E-state index contributed by atoms with van der Waals surface area (Å²) >= 11 is 0. The Bertz CT molecular complexity index is 780. The smallest absolute Gasteiger partial charge is 0.412 e. The number of carbonyl (C=O) groups is 3. The number of hydrogen-bond acceptors (Lipinski definition) is 5. The molecule has 0 aromatic heterocycles. The monoisotopic (exact) mass is 387 g/mol. The Hall–Kier alpha value is -2.21. The Morgan fingerprint density at radius 1 is 1.11 bits per heavy atom. The van der Waals surface area contributed by atoms with Crippen LogP contribution in [-0.4, -0.2) is 46.5 Å². The molecule has 28 heavy (non-hydrogen) atoms. The highest BCUT2D eigenvalue weighted by Crippen LogP contribution is 2.54. The minimum absolute atomic E-state index is 0.0341. The van der Waals surface area contributed by atoms with E-state index in [1.165, 1.54) is 6.92 Å². The maximum atomic E-state index is 13.0. The number of ketones is 2. The van der Waals surface area contributed by atoms with Crippen LogP contribution in [0.4, 0.5) is 4.79 Å². The van der Waals surface area contributed by atoms with Gasteiger partial charge in [-0.1, -0.05) is 30.3 Å². The van der Waals surface area contributed by atoms with Crippen molar-refractivity contribution in [2.24, 2.45) is 17.8 Å². The third-order valence-electron chi connectivity index (χ3n) is 5.46. The lowest BCUT2D eigenvalue weighted by Gasteiger charge is -2.35. The van der Waals surface area contributed by atoms with Gasteiger partial charge in [0.15, 0.2) is 5.78 Å². The molecule has 1 saturated heterocycles. The first kappa shape index (κ1) is 20.5. The van der Waals surface area contributed by atoms with Gasteiger partial charge < -0.3 is 9.47 Å². The number of carbonyl (C=O) groups excluding carboxylic acids is 3. The van der Waals surface area contributed by atoms with Crippen molar-refractivity contribution in [3.05, 3.63) is 35.9 Å². The zero-order chi connectivity index (χ0) is 20.9. The van der Waals surface area contributed by atoms with Gasteiger partial charge in [0.1, 0.15) is 17.1 Å². The molecule has 3 rings (SSSR count). The van der Waals surface area contributed by atoms with Crippen LogP contribution >= 0.6 is 0 Å². The molecule has 0 spiro atoms. The van der Waals surface area contributed by atoms with Gasteiger partial charge >= 0.3 is 6.09 Å². The summed E-state index contributed by atoms with van der Waals surface area (Å²) < 4.78 is 11.4. The fraction of sp³-hybridized carbons (Fsp3) is 0.591. The normalized spacial score (nSPS) is 28.7. The maximum absolute atomic E-state index is 13.0. The van der Waals surface area contributed by atoms with Crippen LogP contribution in [0.1, 0.15) is 51.9 Å². The molecule has 6 nitrogen and oxygen atoms in total. The first-order chi connectivity index (χ1) is 12.9. The Morgan fingerprint density at radius 3 is 2.25 bits per heavy atom. The zero-order valence-electron chi connectivity index (χ0n) is 17.4. The van der Waals surface area contributed by atoms with E-state index in [0.717, 1.165) is 0 Å². The lowest BCUT2D eigenvalue weighted by Crippen LogP contribution is -2.51. The lowest BCUT2D eigenvalue weighted by molar-refractivity contribution is -0.118. The average Bonchev–Trinajstić information content (AvgIpc) is 3.24. The van der Waals surface area contributed by atoms with Crippen molar-refractivity contribution in [3.8, 4) is 0 Å². The number of rotatable bonds is 4. The van der Waals surface area contributed by atoms with Crippen LogP contribution in [0.5, 0.6) is 0 Å². The zero-order valence-corrected chi connectivity index (χ0v) is 17.4. The van der Waals surface area contributed by atoms with E-state index in [9.17, 15) is 14.4 Å². The number of Topliss-reactive ketones (excluding diaryl/α,β-unsaturated/α-hetero) is 2. The SMILES string of the molecule is CC(=O)[C@@H]1[C@@H](C(=O)c2ccccc2)[C@@H]1[C@@H]1COC(C)(C)N1C(=O)OC(C)(C)C. The molecule has 0 N–H and O–H groups in total. The van der Waals surface area contributed by atoms with Crippen LogP contribution in [0, 0.1) is 17.8 Å². The van der Waals surface area contributed by atoms with Gasteiger partial charge in [-0.05, 0) is 41.5 Å². The van der Waals surface area contributed by atoms with Gasteiger partial charge in [0, 0.05) is 23.3 Å². The minimum atomic E-state index is -0.864. The van der Waals surface area contributed by atoms with E-state index >= 15 is 0 Å². The third kappa shape index (κ3) is 3.83. The number of nitrogens with zero attached hydrogens (tertiary/aromatic N) is 1. The molecule has 0 unspecified atom stereocenters. The van der Waals surface area contributed by atoms with Crippen molar-refractivity contribution in [2.45, 2.75) is 58.9 Å². The summed E-state index contributed by atoms with van der Waals surface area (Å²) in [5.74, 6) is -1.19. The fourth-order valence-electron chi connectivity index (χ4n) is 4.25. The van der Waals surface area contributed by atoms with E-state index in [2.05, 4.69) is 0 Å². The summed E-state index contributed by atoms with van der Waals surface area (Å²) in [7, 11) is 0. The second-order valence-corrected chi connectivity index (χ2v) is 9.15. The topological polar surface area (TPSA) is 72.9 Å². The van der Waals surface area contributed by atoms with Crippen LogP contribution in [0.15, 0.2) is 30.3 Å². The highest BCUT2D eigenvalue weighted by molar-refractivity contribution is 6.04. The molecule has 1 aliphatic heterocycles. The molecule has 2 aliphatic rings. The van der Waals surface area contributed by atoms with Gasteiger partial charge in [0.25, 0.3) is 0 Å². The molecule has 152 valence electrons. The Morgan fingerprint density at radius 2 is 1.71 bits per heavy atom. The number of benzene rings is 1. The summed E-state index contributed by atoms with van der Waals surface area (Å²) in [5, 5.41) is 0. The van der Waals surface area contributed by atoms with Gasteiger partial charge in [-0.2, -0.15) is 0 Å². The second-order valence-electron chi connectivity index (χ2n) is 9.15. The van der Waals surface area contributed by atoms with Crippen LogP contribution in [0.3, 0.4) is 0 Å². The molecule has 1 heterocycles. The molecule has 1 saturated carbocycles. The van der Waals surface area contributed by atoms with Gasteiger partial charge in [0.2, 0.25) is 0 Å². The predicted molar refractivity (Wildman–Crippen MR) is 104 cm³/mol. The van der Waals surface area contributed by atoms with E-state index in [1.54, 1.807) is 51.7 Å². The van der Waals surface area contributed by atoms with Crippen LogP contribution in [0.2, 0.25) is 0 Å². The summed E-state index contributed by atoms with van der Waals surface area (Å²) in [5.41, 5.74) is -0.927. The fourth-order valence-corrected chi connectivity index (χ4v) is 4.25. The summed E-state index contributed by atoms with van der Waals surface area (Å²) in [6, 6.07) is 8.60. The highest BCUT2D eigenvalue weighted by atomic mass is 16.6. The highest BCUT2D eigenvalue weighted by Gasteiger charge is 2.65. The molecular weight excluding hydrogens is 358 g/mol. The summed E-state index contributed by atoms with van der Waals surface area (Å²) in [6.45, 7) is 10.8. The summed E-state index contributed by atoms with van der Waals surface area (Å²) in [4.78, 5) is 39.7. The van der Waals surface area contributed by atoms with Crippen molar-refractivity contribution in [1.29, 1.82) is 0 Å². The van der Waals surface area contributed by atoms with E-state index in [4.69, 9.17) is 9.47 Å². The van der Waals surface area contributed by atoms with Gasteiger partial charge in [-0.25, -0.2) is 4.79 Å². The van der Waals surface area contributed by atoms with Crippen LogP contribution in [0.25, 0.3) is 0 Å². The van der Waals surface area contributed by atoms with Gasteiger partial charge in [-0.3, -0.25) is 14.5 Å². The predicted octanol–water partition coefficient (Wildman–Crippen LogP) is 3.69. The van der Waals surface area contributed by atoms with Crippen molar-refractivity contribution in [3.63, 3.8) is 0 Å². The number of hydrogen-bond donors (Lipinski definition) is 0. The lowest BCUT2D eigenvalue weighted by atomic mass is 10.0. The molecule has 1 aromatic carbocycles. The number of ether oxygens (including phenoxy) is 2. The van der Waals surface area contributed by atoms with E-state index < -0.39 is 29.3 Å². The van der Waals surface area contributed by atoms with Crippen molar-refractivity contribution >= 4 is 17.7 Å². The second kappa shape index (κ2) is 6.99. The van der Waals surface area contributed by atoms with E-state index in [-0.39, 0.29) is 30.1 Å². The number of amides is 1. The van der Waals surface area contributed by atoms with Crippen molar-refractivity contribution < 1.29 is 23.9 Å². The minimum Gasteiger partial charge on any atom is -0.444 e. The molecule has 1 aliphatic carbocycles. The Balaban J connectivity index is 1.88.